The third-order valence-electron chi connectivity index (χ3n) is 3.59. The van der Waals surface area contributed by atoms with Gasteiger partial charge in [-0.25, -0.2) is 0 Å². The summed E-state index contributed by atoms with van der Waals surface area (Å²) in [6.45, 7) is 3.20. The van der Waals surface area contributed by atoms with Crippen molar-refractivity contribution in [1.82, 2.24) is 5.32 Å². The highest BCUT2D eigenvalue weighted by Crippen LogP contribution is 2.44. The second-order valence-corrected chi connectivity index (χ2v) is 5.00. The van der Waals surface area contributed by atoms with Crippen molar-refractivity contribution in [2.45, 2.75) is 25.8 Å². The van der Waals surface area contributed by atoms with Crippen LogP contribution in [0.3, 0.4) is 0 Å². The van der Waals surface area contributed by atoms with Crippen molar-refractivity contribution in [2.24, 2.45) is 5.41 Å². The third-order valence-corrected chi connectivity index (χ3v) is 3.59. The van der Waals surface area contributed by atoms with E-state index in [1.165, 1.54) is 0 Å². The highest BCUT2D eigenvalue weighted by molar-refractivity contribution is 5.34. The number of nitriles is 1. The first kappa shape index (κ1) is 12.1. The molecule has 1 unspecified atom stereocenters. The molecule has 1 saturated carbocycles. The van der Waals surface area contributed by atoms with E-state index >= 15 is 0 Å². The van der Waals surface area contributed by atoms with Crippen molar-refractivity contribution in [2.75, 3.05) is 13.2 Å². The molecule has 3 nitrogen and oxygen atoms in total. The summed E-state index contributed by atoms with van der Waals surface area (Å²) in [5.74, 6) is 0. The molecular formula is C14H18N2O. The summed E-state index contributed by atoms with van der Waals surface area (Å²) in [5, 5.41) is 21.5. The van der Waals surface area contributed by atoms with Crippen LogP contribution in [0.5, 0.6) is 0 Å². The Kier molecular flexibility index (Phi) is 3.46. The second-order valence-electron chi connectivity index (χ2n) is 5.00. The average molecular weight is 230 g/mol. The molecule has 3 heteroatoms. The molecule has 1 aliphatic rings. The first-order valence-corrected chi connectivity index (χ1v) is 6.03. The largest absolute Gasteiger partial charge is 0.396 e. The minimum atomic E-state index is 0.126. The maximum Gasteiger partial charge on any atom is 0.0991 e. The maximum atomic E-state index is 9.24. The molecule has 0 heterocycles. The summed E-state index contributed by atoms with van der Waals surface area (Å²) < 4.78 is 0. The van der Waals surface area contributed by atoms with Crippen molar-refractivity contribution >= 4 is 0 Å². The number of aliphatic hydroxyl groups excluding tert-OH is 1. The minimum Gasteiger partial charge on any atom is -0.396 e. The van der Waals surface area contributed by atoms with Crippen LogP contribution < -0.4 is 5.32 Å². The molecule has 0 spiro atoms. The molecule has 0 amide bonds. The fourth-order valence-corrected chi connectivity index (χ4v) is 1.93. The molecule has 0 saturated heterocycles. The van der Waals surface area contributed by atoms with Crippen LogP contribution in [0.4, 0.5) is 0 Å². The van der Waals surface area contributed by atoms with Gasteiger partial charge in [-0.05, 0) is 37.5 Å². The van der Waals surface area contributed by atoms with E-state index in [0.717, 1.165) is 24.9 Å². The van der Waals surface area contributed by atoms with Crippen molar-refractivity contribution in [3.8, 4) is 6.07 Å². The zero-order valence-electron chi connectivity index (χ0n) is 10.1. The van der Waals surface area contributed by atoms with Gasteiger partial charge in [0.1, 0.15) is 0 Å². The first-order valence-electron chi connectivity index (χ1n) is 6.03. The summed E-state index contributed by atoms with van der Waals surface area (Å²) >= 11 is 0. The van der Waals surface area contributed by atoms with E-state index in [0.29, 0.717) is 5.56 Å². The van der Waals surface area contributed by atoms with Gasteiger partial charge in [-0.3, -0.25) is 0 Å². The highest BCUT2D eigenvalue weighted by atomic mass is 16.3. The van der Waals surface area contributed by atoms with Gasteiger partial charge in [0.05, 0.1) is 11.6 Å². The Hall–Kier alpha value is -1.37. The second kappa shape index (κ2) is 4.87. The summed E-state index contributed by atoms with van der Waals surface area (Å²) in [5.41, 5.74) is 1.94. The lowest BCUT2D eigenvalue weighted by Crippen LogP contribution is -2.28. The van der Waals surface area contributed by atoms with Crippen molar-refractivity contribution in [3.63, 3.8) is 0 Å². The van der Waals surface area contributed by atoms with Gasteiger partial charge in [-0.2, -0.15) is 5.26 Å². The number of hydrogen-bond donors (Lipinski definition) is 2. The predicted molar refractivity (Wildman–Crippen MR) is 66.3 cm³/mol. The third kappa shape index (κ3) is 2.85. The van der Waals surface area contributed by atoms with Crippen LogP contribution in [0.2, 0.25) is 0 Å². The Morgan fingerprint density at radius 1 is 1.53 bits per heavy atom. The number of aliphatic hydroxyl groups is 1. The number of nitrogens with one attached hydrogen (secondary N) is 1. The van der Waals surface area contributed by atoms with Crippen molar-refractivity contribution in [3.05, 3.63) is 35.4 Å². The summed E-state index contributed by atoms with van der Waals surface area (Å²) in [7, 11) is 0. The first-order chi connectivity index (χ1) is 8.19. The number of benzene rings is 1. The Labute approximate surface area is 102 Å². The quantitative estimate of drug-likeness (QED) is 0.813. The molecule has 1 aliphatic carbocycles. The molecule has 2 N–H and O–H groups in total. The summed E-state index contributed by atoms with van der Waals surface area (Å²) in [6, 6.07) is 10.0. The smallest absolute Gasteiger partial charge is 0.0991 e. The number of rotatable bonds is 5. The molecule has 1 atom stereocenters. The Bertz CT molecular complexity index is 432. The van der Waals surface area contributed by atoms with Crippen LogP contribution in [0.25, 0.3) is 0 Å². The van der Waals surface area contributed by atoms with Gasteiger partial charge in [0.25, 0.3) is 0 Å². The lowest BCUT2D eigenvalue weighted by molar-refractivity contribution is 0.204. The standard InChI is InChI=1S/C14H18N2O/c1-11(16-9-14(10-17)5-6-14)13-4-2-3-12(7-13)8-15/h2-4,7,11,16-17H,5-6,9-10H2,1H3. The SMILES string of the molecule is CC(NCC1(CO)CC1)c1cccc(C#N)c1. The fourth-order valence-electron chi connectivity index (χ4n) is 1.93. The molecular weight excluding hydrogens is 212 g/mol. The molecule has 0 aromatic heterocycles. The Morgan fingerprint density at radius 2 is 2.29 bits per heavy atom. The Morgan fingerprint density at radius 3 is 2.88 bits per heavy atom. The van der Waals surface area contributed by atoms with Gasteiger partial charge in [-0.1, -0.05) is 12.1 Å². The monoisotopic (exact) mass is 230 g/mol. The molecule has 0 radical (unpaired) electrons. The average Bonchev–Trinajstić information content (AvgIpc) is 3.17. The van der Waals surface area contributed by atoms with E-state index in [-0.39, 0.29) is 18.1 Å². The van der Waals surface area contributed by atoms with Gasteiger partial charge >= 0.3 is 0 Å². The molecule has 2 rings (SSSR count). The minimum absolute atomic E-state index is 0.126. The van der Waals surface area contributed by atoms with Gasteiger partial charge < -0.3 is 10.4 Å². The van der Waals surface area contributed by atoms with E-state index in [4.69, 9.17) is 5.26 Å². The predicted octanol–water partition coefficient (Wildman–Crippen LogP) is 1.98. The molecule has 0 bridgehead atoms. The van der Waals surface area contributed by atoms with E-state index in [9.17, 15) is 5.11 Å². The number of nitrogens with zero attached hydrogens (tertiary/aromatic N) is 1. The van der Waals surface area contributed by atoms with Gasteiger partial charge in [-0.15, -0.1) is 0 Å². The van der Waals surface area contributed by atoms with E-state index in [1.807, 2.05) is 24.3 Å². The lowest BCUT2D eigenvalue weighted by Gasteiger charge is -2.18. The van der Waals surface area contributed by atoms with E-state index < -0.39 is 0 Å². The lowest BCUT2D eigenvalue weighted by atomic mass is 10.0. The molecule has 90 valence electrons. The summed E-state index contributed by atoms with van der Waals surface area (Å²) in [4.78, 5) is 0. The van der Waals surface area contributed by atoms with Gasteiger partial charge in [0.15, 0.2) is 0 Å². The normalized spacial score (nSPS) is 18.4. The zero-order valence-corrected chi connectivity index (χ0v) is 10.1. The molecule has 1 aromatic carbocycles. The maximum absolute atomic E-state index is 9.24. The van der Waals surface area contributed by atoms with Crippen LogP contribution in [-0.4, -0.2) is 18.3 Å². The molecule has 17 heavy (non-hydrogen) atoms. The number of hydrogen-bond acceptors (Lipinski definition) is 3. The van der Waals surface area contributed by atoms with Gasteiger partial charge in [0, 0.05) is 24.6 Å². The fraction of sp³-hybridized carbons (Fsp3) is 0.500. The van der Waals surface area contributed by atoms with Crippen LogP contribution >= 0.6 is 0 Å². The van der Waals surface area contributed by atoms with Crippen LogP contribution in [0, 0.1) is 16.7 Å². The van der Waals surface area contributed by atoms with E-state index in [1.54, 1.807) is 0 Å². The zero-order chi connectivity index (χ0) is 12.3. The van der Waals surface area contributed by atoms with Crippen LogP contribution in [-0.2, 0) is 0 Å². The van der Waals surface area contributed by atoms with E-state index in [2.05, 4.69) is 18.3 Å². The highest BCUT2D eigenvalue weighted by Gasteiger charge is 2.41. The topological polar surface area (TPSA) is 56.0 Å². The summed E-state index contributed by atoms with van der Waals surface area (Å²) in [6.07, 6.45) is 2.23. The molecule has 1 fully saturated rings. The Balaban J connectivity index is 1.95. The molecule has 1 aromatic rings. The van der Waals surface area contributed by atoms with Crippen molar-refractivity contribution in [1.29, 1.82) is 5.26 Å². The van der Waals surface area contributed by atoms with Crippen LogP contribution in [0.1, 0.15) is 36.9 Å². The van der Waals surface area contributed by atoms with Gasteiger partial charge in [0.2, 0.25) is 0 Å². The van der Waals surface area contributed by atoms with Crippen molar-refractivity contribution < 1.29 is 5.11 Å². The van der Waals surface area contributed by atoms with Crippen LogP contribution in [0.15, 0.2) is 24.3 Å². The molecule has 0 aliphatic heterocycles.